The van der Waals surface area contributed by atoms with Crippen LogP contribution in [-0.4, -0.2) is 4.98 Å². The molecule has 0 saturated carbocycles. The molecule has 17 heavy (non-hydrogen) atoms. The van der Waals surface area contributed by atoms with Crippen molar-refractivity contribution in [2.24, 2.45) is 5.73 Å². The molecule has 2 rings (SSSR count). The fraction of sp³-hybridized carbons (Fsp3) is 0.250. The number of hydrogen-bond acceptors (Lipinski definition) is 4. The van der Waals surface area contributed by atoms with Gasteiger partial charge in [-0.2, -0.15) is 0 Å². The van der Waals surface area contributed by atoms with Crippen LogP contribution >= 0.6 is 39.0 Å². The molecule has 0 spiro atoms. The van der Waals surface area contributed by atoms with Gasteiger partial charge in [0.05, 0.1) is 5.75 Å². The highest BCUT2D eigenvalue weighted by atomic mass is 79.9. The van der Waals surface area contributed by atoms with Gasteiger partial charge in [-0.3, -0.25) is 0 Å². The lowest BCUT2D eigenvalue weighted by molar-refractivity contribution is 0.835. The monoisotopic (exact) mass is 328 g/mol. The van der Waals surface area contributed by atoms with Crippen molar-refractivity contribution in [3.63, 3.8) is 0 Å². The first-order valence-corrected chi connectivity index (χ1v) is 7.83. The summed E-state index contributed by atoms with van der Waals surface area (Å²) in [7, 11) is 0. The van der Waals surface area contributed by atoms with E-state index < -0.39 is 0 Å². The van der Waals surface area contributed by atoms with Crippen molar-refractivity contribution in [1.82, 2.24) is 4.98 Å². The normalized spacial score (nSPS) is 12.6. The van der Waals surface area contributed by atoms with E-state index in [4.69, 9.17) is 5.73 Å². The summed E-state index contributed by atoms with van der Waals surface area (Å²) in [4.78, 5) is 6.78. The number of rotatable bonds is 4. The number of benzene rings is 1. The molecule has 0 saturated heterocycles. The van der Waals surface area contributed by atoms with Crippen molar-refractivity contribution in [1.29, 1.82) is 0 Å². The minimum absolute atomic E-state index is 0.0823. The van der Waals surface area contributed by atoms with Crippen molar-refractivity contribution in [2.75, 3.05) is 0 Å². The molecule has 90 valence electrons. The van der Waals surface area contributed by atoms with E-state index in [1.54, 1.807) is 23.1 Å². The minimum atomic E-state index is 0.0823. The van der Waals surface area contributed by atoms with E-state index in [0.717, 1.165) is 20.1 Å². The van der Waals surface area contributed by atoms with Crippen molar-refractivity contribution in [2.45, 2.75) is 23.6 Å². The highest BCUT2D eigenvalue weighted by Crippen LogP contribution is 2.27. The van der Waals surface area contributed by atoms with E-state index in [1.807, 2.05) is 13.1 Å². The van der Waals surface area contributed by atoms with Gasteiger partial charge in [0, 0.05) is 26.5 Å². The average Bonchev–Trinajstić information content (AvgIpc) is 2.77. The zero-order valence-electron chi connectivity index (χ0n) is 9.39. The lowest BCUT2D eigenvalue weighted by atomic mass is 10.3. The molecule has 2 aromatic rings. The summed E-state index contributed by atoms with van der Waals surface area (Å²) in [5.41, 5.74) is 5.81. The third-order valence-corrected chi connectivity index (χ3v) is 5.13. The van der Waals surface area contributed by atoms with Crippen LogP contribution in [0, 0.1) is 0 Å². The Balaban J connectivity index is 1.95. The molecule has 0 radical (unpaired) electrons. The first-order valence-electron chi connectivity index (χ1n) is 5.23. The molecule has 5 heteroatoms. The maximum atomic E-state index is 5.81. The second kappa shape index (κ2) is 6.00. The van der Waals surface area contributed by atoms with E-state index in [-0.39, 0.29) is 6.04 Å². The van der Waals surface area contributed by atoms with Crippen molar-refractivity contribution >= 4 is 39.0 Å². The quantitative estimate of drug-likeness (QED) is 0.854. The number of nitrogens with zero attached hydrogens (tertiary/aromatic N) is 1. The summed E-state index contributed by atoms with van der Waals surface area (Å²) in [6.07, 6.45) is 1.88. The number of aromatic nitrogens is 1. The Hall–Kier alpha value is -0.360. The smallest absolute Gasteiger partial charge is 0.103 e. The number of thioether (sulfide) groups is 1. The van der Waals surface area contributed by atoms with Crippen LogP contribution in [0.5, 0.6) is 0 Å². The van der Waals surface area contributed by atoms with Gasteiger partial charge >= 0.3 is 0 Å². The van der Waals surface area contributed by atoms with Crippen molar-refractivity contribution in [3.8, 4) is 0 Å². The molecule has 0 fully saturated rings. The largest absolute Gasteiger partial charge is 0.323 e. The molecule has 0 amide bonds. The summed E-state index contributed by atoms with van der Waals surface area (Å²) in [5, 5.41) is 1.13. The summed E-state index contributed by atoms with van der Waals surface area (Å²) in [6.45, 7) is 1.99. The van der Waals surface area contributed by atoms with Crippen LogP contribution in [0.4, 0.5) is 0 Å². The van der Waals surface area contributed by atoms with Crippen LogP contribution < -0.4 is 5.73 Å². The van der Waals surface area contributed by atoms with Crippen LogP contribution in [0.3, 0.4) is 0 Å². The second-order valence-corrected chi connectivity index (χ2v) is 6.80. The Labute approximate surface area is 118 Å². The minimum Gasteiger partial charge on any atom is -0.323 e. The Morgan fingerprint density at radius 3 is 2.71 bits per heavy atom. The molecule has 2 N–H and O–H groups in total. The molecule has 2 nitrogen and oxygen atoms in total. The van der Waals surface area contributed by atoms with Gasteiger partial charge in [0.25, 0.3) is 0 Å². The number of nitrogens with two attached hydrogens (primary N) is 1. The Kier molecular flexibility index (Phi) is 4.62. The molecule has 1 atom stereocenters. The first-order chi connectivity index (χ1) is 8.15. The van der Waals surface area contributed by atoms with Gasteiger partial charge in [-0.25, -0.2) is 4.98 Å². The fourth-order valence-corrected chi connectivity index (χ4v) is 3.32. The highest BCUT2D eigenvalue weighted by molar-refractivity contribution is 9.10. The molecular weight excluding hydrogens is 316 g/mol. The van der Waals surface area contributed by atoms with Crippen LogP contribution in [0.25, 0.3) is 0 Å². The summed E-state index contributed by atoms with van der Waals surface area (Å²) >= 11 is 6.92. The maximum Gasteiger partial charge on any atom is 0.103 e. The molecular formula is C12H13BrN2S2. The van der Waals surface area contributed by atoms with E-state index in [0.29, 0.717) is 0 Å². The SMILES string of the molecule is CC(N)c1cnc(CSc2ccc(Br)cc2)s1. The van der Waals surface area contributed by atoms with Crippen LogP contribution in [0.15, 0.2) is 39.8 Å². The highest BCUT2D eigenvalue weighted by Gasteiger charge is 2.06. The van der Waals surface area contributed by atoms with Crippen LogP contribution in [-0.2, 0) is 5.75 Å². The zero-order valence-corrected chi connectivity index (χ0v) is 12.6. The summed E-state index contributed by atoms with van der Waals surface area (Å²) < 4.78 is 1.11. The van der Waals surface area contributed by atoms with Gasteiger partial charge in [0.1, 0.15) is 5.01 Å². The third-order valence-electron chi connectivity index (χ3n) is 2.20. The van der Waals surface area contributed by atoms with Crippen LogP contribution in [0.1, 0.15) is 22.9 Å². The summed E-state index contributed by atoms with van der Waals surface area (Å²) in [6, 6.07) is 8.40. The van der Waals surface area contributed by atoms with Gasteiger partial charge in [-0.05, 0) is 31.2 Å². The summed E-state index contributed by atoms with van der Waals surface area (Å²) in [5.74, 6) is 0.902. The van der Waals surface area contributed by atoms with E-state index in [1.165, 1.54) is 4.90 Å². The van der Waals surface area contributed by atoms with E-state index in [9.17, 15) is 0 Å². The molecule has 0 bridgehead atoms. The van der Waals surface area contributed by atoms with Crippen molar-refractivity contribution in [3.05, 3.63) is 44.8 Å². The van der Waals surface area contributed by atoms with Crippen LogP contribution in [0.2, 0.25) is 0 Å². The second-order valence-electron chi connectivity index (χ2n) is 3.69. The van der Waals surface area contributed by atoms with Gasteiger partial charge in [0.2, 0.25) is 0 Å². The lowest BCUT2D eigenvalue weighted by Gasteiger charge is -1.99. The maximum absolute atomic E-state index is 5.81. The predicted molar refractivity (Wildman–Crippen MR) is 78.4 cm³/mol. The topological polar surface area (TPSA) is 38.9 Å². The predicted octanol–water partition coefficient (Wildman–Crippen LogP) is 4.22. The standard InChI is InChI=1S/C12H13BrN2S2/c1-8(14)11-6-15-12(17-11)7-16-10-4-2-9(13)3-5-10/h2-6,8H,7,14H2,1H3. The van der Waals surface area contributed by atoms with Gasteiger partial charge in [0.15, 0.2) is 0 Å². The number of halogens is 1. The van der Waals surface area contributed by atoms with Gasteiger partial charge in [-0.1, -0.05) is 15.9 Å². The molecule has 1 unspecified atom stereocenters. The molecule has 1 heterocycles. The first kappa shape index (κ1) is 13.1. The molecule has 0 aliphatic carbocycles. The Morgan fingerprint density at radius 1 is 1.41 bits per heavy atom. The number of thiazole rings is 1. The molecule has 1 aromatic heterocycles. The van der Waals surface area contributed by atoms with E-state index >= 15 is 0 Å². The molecule has 0 aliphatic heterocycles. The average molecular weight is 329 g/mol. The van der Waals surface area contributed by atoms with Gasteiger partial charge < -0.3 is 5.73 Å². The fourth-order valence-electron chi connectivity index (χ4n) is 1.28. The Morgan fingerprint density at radius 2 is 2.12 bits per heavy atom. The van der Waals surface area contributed by atoms with E-state index in [2.05, 4.69) is 45.2 Å². The van der Waals surface area contributed by atoms with Crippen molar-refractivity contribution < 1.29 is 0 Å². The third kappa shape index (κ3) is 3.81. The number of hydrogen-bond donors (Lipinski definition) is 1. The molecule has 0 aliphatic rings. The van der Waals surface area contributed by atoms with Gasteiger partial charge in [-0.15, -0.1) is 23.1 Å². The molecule has 1 aromatic carbocycles. The zero-order chi connectivity index (χ0) is 12.3. The lowest BCUT2D eigenvalue weighted by Crippen LogP contribution is -2.01. The Bertz CT molecular complexity index is 480.